The second-order valence-corrected chi connectivity index (χ2v) is 5.37. The molecule has 3 N–H and O–H groups in total. The number of amides is 1. The first-order chi connectivity index (χ1) is 9.58. The van der Waals surface area contributed by atoms with Gasteiger partial charge in [-0.25, -0.2) is 8.78 Å². The van der Waals surface area contributed by atoms with Crippen LogP contribution < -0.4 is 11.1 Å². The van der Waals surface area contributed by atoms with Gasteiger partial charge in [0.25, 0.3) is 0 Å². The summed E-state index contributed by atoms with van der Waals surface area (Å²) in [4.78, 5) is 12.1. The van der Waals surface area contributed by atoms with Gasteiger partial charge in [0.1, 0.15) is 0 Å². The summed E-state index contributed by atoms with van der Waals surface area (Å²) >= 11 is 0. The fourth-order valence-corrected chi connectivity index (χ4v) is 2.63. The zero-order valence-corrected chi connectivity index (χ0v) is 11.4. The first-order valence-corrected chi connectivity index (χ1v) is 7.05. The Morgan fingerprint density at radius 2 is 1.95 bits per heavy atom. The van der Waals surface area contributed by atoms with Crippen LogP contribution in [0.3, 0.4) is 0 Å². The Balaban J connectivity index is 1.92. The highest BCUT2D eigenvalue weighted by Gasteiger charge is 2.26. The number of halogens is 2. The zero-order chi connectivity index (χ0) is 14.5. The van der Waals surface area contributed by atoms with E-state index in [0.717, 1.165) is 44.2 Å². The number of hydrogen-bond acceptors (Lipinski definition) is 2. The summed E-state index contributed by atoms with van der Waals surface area (Å²) in [6, 6.07) is 3.52. The minimum Gasteiger partial charge on any atom is -0.352 e. The topological polar surface area (TPSA) is 55.1 Å². The van der Waals surface area contributed by atoms with Gasteiger partial charge < -0.3 is 11.1 Å². The number of carbonyl (C=O) groups is 1. The molecule has 1 aromatic carbocycles. The number of benzene rings is 1. The van der Waals surface area contributed by atoms with Gasteiger partial charge >= 0.3 is 0 Å². The van der Waals surface area contributed by atoms with Crippen molar-refractivity contribution >= 4 is 5.91 Å². The van der Waals surface area contributed by atoms with Gasteiger partial charge in [0, 0.05) is 12.6 Å². The van der Waals surface area contributed by atoms with Crippen molar-refractivity contribution in [3.8, 4) is 0 Å². The normalized spacial score (nSPS) is 23.1. The third-order valence-electron chi connectivity index (χ3n) is 3.86. The quantitative estimate of drug-likeness (QED) is 0.837. The Morgan fingerprint density at radius 1 is 1.20 bits per heavy atom. The van der Waals surface area contributed by atoms with Crippen LogP contribution in [0.4, 0.5) is 8.78 Å². The summed E-state index contributed by atoms with van der Waals surface area (Å²) in [6.07, 6.45) is 4.85. The molecule has 110 valence electrons. The molecular formula is C15H20F2N2O. The number of hydrogen-bond donors (Lipinski definition) is 2. The maximum atomic E-state index is 13.1. The van der Waals surface area contributed by atoms with Gasteiger partial charge in [0.2, 0.25) is 5.91 Å². The fraction of sp³-hybridized carbons (Fsp3) is 0.533. The maximum Gasteiger partial charge on any atom is 0.224 e. The van der Waals surface area contributed by atoms with E-state index >= 15 is 0 Å². The Bertz CT molecular complexity index is 479. The first-order valence-electron chi connectivity index (χ1n) is 7.05. The molecule has 0 aromatic heterocycles. The van der Waals surface area contributed by atoms with Crippen LogP contribution >= 0.6 is 0 Å². The smallest absolute Gasteiger partial charge is 0.224 e. The standard InChI is InChI=1S/C15H20F2N2O/c16-12-7-6-10(8-13(12)17)9-19-15(20)11-4-2-1-3-5-14(11)18/h6-8,11,14H,1-5,9,18H2,(H,19,20). The third kappa shape index (κ3) is 3.76. The van der Waals surface area contributed by atoms with E-state index < -0.39 is 11.6 Å². The summed E-state index contributed by atoms with van der Waals surface area (Å²) in [6.45, 7) is 0.194. The Hall–Kier alpha value is -1.49. The molecule has 0 aliphatic heterocycles. The lowest BCUT2D eigenvalue weighted by Crippen LogP contribution is -2.41. The van der Waals surface area contributed by atoms with Gasteiger partial charge in [-0.15, -0.1) is 0 Å². The van der Waals surface area contributed by atoms with Crippen molar-refractivity contribution in [3.05, 3.63) is 35.4 Å². The van der Waals surface area contributed by atoms with Crippen molar-refractivity contribution in [2.24, 2.45) is 11.7 Å². The predicted octanol–water partition coefficient (Wildman–Crippen LogP) is 2.49. The number of carbonyl (C=O) groups excluding carboxylic acids is 1. The molecule has 0 spiro atoms. The van der Waals surface area contributed by atoms with Gasteiger partial charge in [-0.2, -0.15) is 0 Å². The van der Waals surface area contributed by atoms with Crippen molar-refractivity contribution in [1.82, 2.24) is 5.32 Å². The van der Waals surface area contributed by atoms with Gasteiger partial charge in [0.15, 0.2) is 11.6 Å². The average molecular weight is 282 g/mol. The minimum atomic E-state index is -0.900. The van der Waals surface area contributed by atoms with Crippen LogP contribution in [-0.4, -0.2) is 11.9 Å². The molecule has 1 aliphatic rings. The van der Waals surface area contributed by atoms with Crippen molar-refractivity contribution in [1.29, 1.82) is 0 Å². The second-order valence-electron chi connectivity index (χ2n) is 5.37. The van der Waals surface area contributed by atoms with E-state index in [9.17, 15) is 13.6 Å². The van der Waals surface area contributed by atoms with E-state index in [1.54, 1.807) is 0 Å². The Labute approximate surface area is 117 Å². The van der Waals surface area contributed by atoms with Crippen LogP contribution in [0, 0.1) is 17.6 Å². The lowest BCUT2D eigenvalue weighted by molar-refractivity contribution is -0.126. The molecule has 2 atom stereocenters. The van der Waals surface area contributed by atoms with Crippen LogP contribution in [-0.2, 0) is 11.3 Å². The van der Waals surface area contributed by atoms with E-state index in [-0.39, 0.29) is 24.4 Å². The molecule has 2 unspecified atom stereocenters. The van der Waals surface area contributed by atoms with E-state index in [0.29, 0.717) is 5.56 Å². The van der Waals surface area contributed by atoms with Gasteiger partial charge in [-0.05, 0) is 30.5 Å². The highest BCUT2D eigenvalue weighted by Crippen LogP contribution is 2.22. The molecule has 5 heteroatoms. The maximum absolute atomic E-state index is 13.1. The van der Waals surface area contributed by atoms with Gasteiger partial charge in [-0.1, -0.05) is 25.3 Å². The lowest BCUT2D eigenvalue weighted by Gasteiger charge is -2.20. The van der Waals surface area contributed by atoms with E-state index in [4.69, 9.17) is 5.73 Å². The molecule has 20 heavy (non-hydrogen) atoms. The van der Waals surface area contributed by atoms with Crippen molar-refractivity contribution < 1.29 is 13.6 Å². The Morgan fingerprint density at radius 3 is 2.70 bits per heavy atom. The predicted molar refractivity (Wildman–Crippen MR) is 72.8 cm³/mol. The SMILES string of the molecule is NC1CCCCCC1C(=O)NCc1ccc(F)c(F)c1. The van der Waals surface area contributed by atoms with Crippen LogP contribution in [0.25, 0.3) is 0 Å². The highest BCUT2D eigenvalue weighted by atomic mass is 19.2. The molecule has 0 bridgehead atoms. The van der Waals surface area contributed by atoms with E-state index in [1.807, 2.05) is 0 Å². The Kier molecular flexibility index (Phi) is 5.06. The van der Waals surface area contributed by atoms with E-state index in [2.05, 4.69) is 5.32 Å². The largest absolute Gasteiger partial charge is 0.352 e. The lowest BCUT2D eigenvalue weighted by atomic mass is 9.94. The van der Waals surface area contributed by atoms with Crippen LogP contribution in [0.15, 0.2) is 18.2 Å². The molecule has 2 rings (SSSR count). The number of nitrogens with one attached hydrogen (secondary N) is 1. The molecule has 1 saturated carbocycles. The average Bonchev–Trinajstić information content (AvgIpc) is 2.64. The van der Waals surface area contributed by atoms with Crippen LogP contribution in [0.5, 0.6) is 0 Å². The van der Waals surface area contributed by atoms with E-state index in [1.165, 1.54) is 6.07 Å². The molecule has 1 aliphatic carbocycles. The summed E-state index contributed by atoms with van der Waals surface area (Å²) < 4.78 is 25.9. The fourth-order valence-electron chi connectivity index (χ4n) is 2.63. The minimum absolute atomic E-state index is 0.0934. The zero-order valence-electron chi connectivity index (χ0n) is 11.4. The number of rotatable bonds is 3. The molecule has 3 nitrogen and oxygen atoms in total. The molecule has 0 saturated heterocycles. The molecule has 0 heterocycles. The molecule has 1 aromatic rings. The summed E-state index contributed by atoms with van der Waals surface area (Å²) in [5.41, 5.74) is 6.56. The van der Waals surface area contributed by atoms with Crippen LogP contribution in [0.2, 0.25) is 0 Å². The van der Waals surface area contributed by atoms with Crippen LogP contribution in [0.1, 0.15) is 37.7 Å². The molecule has 0 radical (unpaired) electrons. The highest BCUT2D eigenvalue weighted by molar-refractivity contribution is 5.79. The van der Waals surface area contributed by atoms with Gasteiger partial charge in [-0.3, -0.25) is 4.79 Å². The molecule has 1 amide bonds. The van der Waals surface area contributed by atoms with Crippen molar-refractivity contribution in [2.45, 2.75) is 44.7 Å². The molecular weight excluding hydrogens is 262 g/mol. The summed E-state index contributed by atoms with van der Waals surface area (Å²) in [7, 11) is 0. The third-order valence-corrected chi connectivity index (χ3v) is 3.86. The molecule has 1 fully saturated rings. The summed E-state index contributed by atoms with van der Waals surface area (Å²) in [5, 5.41) is 2.77. The van der Waals surface area contributed by atoms with Crippen molar-refractivity contribution in [2.75, 3.05) is 0 Å². The van der Waals surface area contributed by atoms with Crippen molar-refractivity contribution in [3.63, 3.8) is 0 Å². The first kappa shape index (κ1) is 14.9. The second kappa shape index (κ2) is 6.79. The monoisotopic (exact) mass is 282 g/mol. The number of nitrogens with two attached hydrogens (primary N) is 1. The van der Waals surface area contributed by atoms with Gasteiger partial charge in [0.05, 0.1) is 5.92 Å². The summed E-state index contributed by atoms with van der Waals surface area (Å²) in [5.74, 6) is -2.05.